The third-order valence-corrected chi connectivity index (χ3v) is 2.25. The molecule has 0 heterocycles. The van der Waals surface area contributed by atoms with Crippen LogP contribution in [-0.4, -0.2) is 6.67 Å². The van der Waals surface area contributed by atoms with Crippen molar-refractivity contribution in [2.24, 2.45) is 0 Å². The number of hydrogen-bond acceptors (Lipinski definition) is 0. The van der Waals surface area contributed by atoms with E-state index in [4.69, 9.17) is 0 Å². The highest BCUT2D eigenvalue weighted by Crippen LogP contribution is 2.19. The average Bonchev–Trinajstić information content (AvgIpc) is 2.17. The fraction of sp³-hybridized carbons (Fsp3) is 0.333. The first-order chi connectivity index (χ1) is 6.19. The van der Waals surface area contributed by atoms with Gasteiger partial charge in [0.05, 0.1) is 0 Å². The SMILES string of the molecule is C=C(CF)c1cc(CC)ccc1C. The largest absolute Gasteiger partial charge is 0.246 e. The first-order valence-electron chi connectivity index (χ1n) is 4.52. The number of alkyl halides is 1. The van der Waals surface area contributed by atoms with Crippen molar-refractivity contribution >= 4 is 5.57 Å². The van der Waals surface area contributed by atoms with Crippen LogP contribution in [0.15, 0.2) is 24.8 Å². The highest BCUT2D eigenvalue weighted by Gasteiger charge is 2.02. The van der Waals surface area contributed by atoms with E-state index in [9.17, 15) is 4.39 Å². The van der Waals surface area contributed by atoms with E-state index in [1.54, 1.807) is 0 Å². The summed E-state index contributed by atoms with van der Waals surface area (Å²) in [6.07, 6.45) is 0.979. The molecule has 0 saturated carbocycles. The fourth-order valence-electron chi connectivity index (χ4n) is 1.34. The summed E-state index contributed by atoms with van der Waals surface area (Å²) in [5, 5.41) is 0. The van der Waals surface area contributed by atoms with E-state index < -0.39 is 6.67 Å². The van der Waals surface area contributed by atoms with E-state index in [0.29, 0.717) is 5.57 Å². The van der Waals surface area contributed by atoms with Gasteiger partial charge in [-0.05, 0) is 35.6 Å². The first kappa shape index (κ1) is 9.97. The van der Waals surface area contributed by atoms with Crippen LogP contribution in [0.3, 0.4) is 0 Å². The van der Waals surface area contributed by atoms with E-state index in [0.717, 1.165) is 17.5 Å². The van der Waals surface area contributed by atoms with Crippen molar-refractivity contribution in [3.63, 3.8) is 0 Å². The van der Waals surface area contributed by atoms with Gasteiger partial charge in [0, 0.05) is 0 Å². The van der Waals surface area contributed by atoms with Crippen molar-refractivity contribution in [2.75, 3.05) is 6.67 Å². The lowest BCUT2D eigenvalue weighted by atomic mass is 9.99. The van der Waals surface area contributed by atoms with Crippen LogP contribution in [0.4, 0.5) is 4.39 Å². The summed E-state index contributed by atoms with van der Waals surface area (Å²) in [6.45, 7) is 7.31. The molecule has 0 bridgehead atoms. The number of rotatable bonds is 3. The van der Waals surface area contributed by atoms with Gasteiger partial charge in [-0.15, -0.1) is 0 Å². The van der Waals surface area contributed by atoms with Crippen molar-refractivity contribution in [3.05, 3.63) is 41.5 Å². The minimum Gasteiger partial charge on any atom is -0.246 e. The molecule has 0 atom stereocenters. The van der Waals surface area contributed by atoms with E-state index in [1.165, 1.54) is 5.56 Å². The Kier molecular flexibility index (Phi) is 3.24. The quantitative estimate of drug-likeness (QED) is 0.664. The van der Waals surface area contributed by atoms with E-state index in [1.807, 2.05) is 19.1 Å². The standard InChI is InChI=1S/C12H15F/c1-4-11-6-5-9(2)12(7-11)10(3)8-13/h5-7H,3-4,8H2,1-2H3. The predicted molar refractivity (Wildman–Crippen MR) is 55.6 cm³/mol. The molecule has 0 spiro atoms. The van der Waals surface area contributed by atoms with E-state index in [-0.39, 0.29) is 0 Å². The topological polar surface area (TPSA) is 0 Å². The molecular formula is C12H15F. The summed E-state index contributed by atoms with van der Waals surface area (Å²) < 4.78 is 12.4. The van der Waals surface area contributed by atoms with Gasteiger partial charge in [0.25, 0.3) is 0 Å². The molecule has 0 fully saturated rings. The van der Waals surface area contributed by atoms with Crippen LogP contribution in [0, 0.1) is 6.92 Å². The van der Waals surface area contributed by atoms with Crippen molar-refractivity contribution in [1.82, 2.24) is 0 Å². The molecule has 1 aromatic carbocycles. The molecule has 0 radical (unpaired) electrons. The minimum absolute atomic E-state index is 0.464. The zero-order valence-corrected chi connectivity index (χ0v) is 8.23. The van der Waals surface area contributed by atoms with Crippen LogP contribution in [0.5, 0.6) is 0 Å². The van der Waals surface area contributed by atoms with Gasteiger partial charge in [-0.1, -0.05) is 31.7 Å². The Morgan fingerprint density at radius 3 is 2.69 bits per heavy atom. The van der Waals surface area contributed by atoms with Crippen LogP contribution < -0.4 is 0 Å². The monoisotopic (exact) mass is 178 g/mol. The summed E-state index contributed by atoms with van der Waals surface area (Å²) in [6, 6.07) is 6.12. The summed E-state index contributed by atoms with van der Waals surface area (Å²) in [4.78, 5) is 0. The molecule has 1 rings (SSSR count). The second-order valence-electron chi connectivity index (χ2n) is 3.24. The summed E-state index contributed by atoms with van der Waals surface area (Å²) in [7, 11) is 0. The second-order valence-corrected chi connectivity index (χ2v) is 3.24. The Morgan fingerprint density at radius 2 is 2.15 bits per heavy atom. The molecule has 0 nitrogen and oxygen atoms in total. The molecule has 0 aliphatic carbocycles. The van der Waals surface area contributed by atoms with E-state index >= 15 is 0 Å². The summed E-state index contributed by atoms with van der Waals surface area (Å²) in [5.74, 6) is 0. The van der Waals surface area contributed by atoms with Gasteiger partial charge in [-0.2, -0.15) is 0 Å². The number of halogens is 1. The first-order valence-corrected chi connectivity index (χ1v) is 4.52. The zero-order chi connectivity index (χ0) is 9.84. The number of hydrogen-bond donors (Lipinski definition) is 0. The lowest BCUT2D eigenvalue weighted by molar-refractivity contribution is 0.571. The fourth-order valence-corrected chi connectivity index (χ4v) is 1.34. The molecule has 0 unspecified atom stereocenters. The average molecular weight is 178 g/mol. The van der Waals surface area contributed by atoms with Gasteiger partial charge >= 0.3 is 0 Å². The van der Waals surface area contributed by atoms with Gasteiger partial charge in [0.2, 0.25) is 0 Å². The molecule has 0 saturated heterocycles. The maximum absolute atomic E-state index is 12.4. The van der Waals surface area contributed by atoms with Crippen molar-refractivity contribution in [3.8, 4) is 0 Å². The second kappa shape index (κ2) is 4.22. The molecule has 13 heavy (non-hydrogen) atoms. The van der Waals surface area contributed by atoms with Gasteiger partial charge in [-0.25, -0.2) is 4.39 Å². The van der Waals surface area contributed by atoms with Gasteiger partial charge in [0.1, 0.15) is 6.67 Å². The smallest absolute Gasteiger partial charge is 0.115 e. The molecule has 0 aromatic heterocycles. The maximum Gasteiger partial charge on any atom is 0.115 e. The number of benzene rings is 1. The van der Waals surface area contributed by atoms with Crippen molar-refractivity contribution in [1.29, 1.82) is 0 Å². The van der Waals surface area contributed by atoms with Crippen LogP contribution in [-0.2, 0) is 6.42 Å². The van der Waals surface area contributed by atoms with Gasteiger partial charge < -0.3 is 0 Å². The van der Waals surface area contributed by atoms with Gasteiger partial charge in [-0.3, -0.25) is 0 Å². The lowest BCUT2D eigenvalue weighted by Gasteiger charge is -2.07. The third-order valence-electron chi connectivity index (χ3n) is 2.25. The predicted octanol–water partition coefficient (Wildman–Crippen LogP) is 3.54. The molecular weight excluding hydrogens is 163 g/mol. The Bertz CT molecular complexity index is 313. The normalized spacial score (nSPS) is 10.1. The molecule has 0 aliphatic heterocycles. The van der Waals surface area contributed by atoms with Gasteiger partial charge in [0.15, 0.2) is 0 Å². The molecule has 0 N–H and O–H groups in total. The van der Waals surface area contributed by atoms with Crippen LogP contribution in [0.2, 0.25) is 0 Å². The molecule has 1 heteroatoms. The molecule has 70 valence electrons. The Balaban J connectivity index is 3.11. The Morgan fingerprint density at radius 1 is 1.46 bits per heavy atom. The maximum atomic E-state index is 12.4. The minimum atomic E-state index is -0.464. The zero-order valence-electron chi connectivity index (χ0n) is 8.23. The van der Waals surface area contributed by atoms with Crippen molar-refractivity contribution in [2.45, 2.75) is 20.3 Å². The Labute approximate surface area is 79.1 Å². The molecule has 1 aromatic rings. The summed E-state index contributed by atoms with van der Waals surface area (Å²) >= 11 is 0. The van der Waals surface area contributed by atoms with Crippen molar-refractivity contribution < 1.29 is 4.39 Å². The van der Waals surface area contributed by atoms with E-state index in [2.05, 4.69) is 19.6 Å². The van der Waals surface area contributed by atoms with Crippen LogP contribution in [0.1, 0.15) is 23.6 Å². The van der Waals surface area contributed by atoms with Crippen LogP contribution >= 0.6 is 0 Å². The lowest BCUT2D eigenvalue weighted by Crippen LogP contribution is -1.91. The van der Waals surface area contributed by atoms with Crippen LogP contribution in [0.25, 0.3) is 5.57 Å². The number of allylic oxidation sites excluding steroid dienone is 1. The highest BCUT2D eigenvalue weighted by atomic mass is 19.1. The number of aryl methyl sites for hydroxylation is 2. The highest BCUT2D eigenvalue weighted by molar-refractivity contribution is 5.67. The third kappa shape index (κ3) is 2.18. The Hall–Kier alpha value is -1.11. The molecule has 0 aliphatic rings. The summed E-state index contributed by atoms with van der Waals surface area (Å²) in [5.41, 5.74) is 3.87. The molecule has 0 amide bonds.